The maximum absolute atomic E-state index is 13.5. The molecule has 11 heteroatoms. The van der Waals surface area contributed by atoms with Crippen LogP contribution in [0.25, 0.3) is 0 Å². The first kappa shape index (κ1) is 34.7. The van der Waals surface area contributed by atoms with Crippen LogP contribution in [0, 0.1) is 18.8 Å². The van der Waals surface area contributed by atoms with E-state index in [-0.39, 0.29) is 17.7 Å². The van der Waals surface area contributed by atoms with Gasteiger partial charge in [-0.15, -0.1) is 0 Å². The molecule has 0 aliphatic carbocycles. The molecular formula is C31H51N6O4Tc. The van der Waals surface area contributed by atoms with Crippen molar-refractivity contribution >= 4 is 11.8 Å². The van der Waals surface area contributed by atoms with E-state index in [2.05, 4.69) is 69.4 Å². The first-order chi connectivity index (χ1) is 20.4. The molecule has 10 nitrogen and oxygen atoms in total. The van der Waals surface area contributed by atoms with E-state index in [0.29, 0.717) is 43.4 Å². The molecule has 1 aromatic carbocycles. The van der Waals surface area contributed by atoms with Crippen LogP contribution in [-0.2, 0) is 29.4 Å². The molecule has 2 bridgehead atoms. The molecule has 3 heterocycles. The molecule has 3 aliphatic rings. The predicted octanol–water partition coefficient (Wildman–Crippen LogP) is 1.55. The molecule has 1 unspecified atom stereocenters. The molecule has 2 fully saturated rings. The van der Waals surface area contributed by atoms with E-state index in [0.717, 1.165) is 77.8 Å². The van der Waals surface area contributed by atoms with Gasteiger partial charge < -0.3 is 31.4 Å². The Morgan fingerprint density at radius 3 is 2.50 bits per heavy atom. The summed E-state index contributed by atoms with van der Waals surface area (Å²) < 4.78 is 17.0. The Kier molecular flexibility index (Phi) is 16.1. The first-order valence-electron chi connectivity index (χ1n) is 15.7. The fourth-order valence-corrected chi connectivity index (χ4v) is 6.77. The number of aliphatic imine (C=N–C) groups is 1. The van der Waals surface area contributed by atoms with E-state index < -0.39 is 17.6 Å². The van der Waals surface area contributed by atoms with Crippen molar-refractivity contribution in [2.45, 2.75) is 76.3 Å². The van der Waals surface area contributed by atoms with Gasteiger partial charge in [0.15, 0.2) is 0 Å². The van der Waals surface area contributed by atoms with Crippen LogP contribution in [0.2, 0.25) is 0 Å². The number of carbonyl (C=O) groups excluding carboxylic acids is 1. The van der Waals surface area contributed by atoms with Gasteiger partial charge in [-0.1, -0.05) is 42.7 Å². The van der Waals surface area contributed by atoms with Crippen molar-refractivity contribution in [2.75, 3.05) is 59.4 Å². The van der Waals surface area contributed by atoms with Gasteiger partial charge in [-0.25, -0.2) is 0 Å². The number of fused-ring (bicyclic) bond motifs is 2. The zero-order valence-corrected chi connectivity index (χ0v) is 27.3. The first-order valence-corrected chi connectivity index (χ1v) is 17.2. The van der Waals surface area contributed by atoms with Crippen LogP contribution in [0.3, 0.4) is 0 Å². The van der Waals surface area contributed by atoms with Crippen LogP contribution >= 0.6 is 0 Å². The van der Waals surface area contributed by atoms with Crippen LogP contribution in [0.15, 0.2) is 29.3 Å². The summed E-state index contributed by atoms with van der Waals surface area (Å²) in [6.07, 6.45) is 8.37. The number of rotatable bonds is 8. The topological polar surface area (TPSA) is 138 Å². The van der Waals surface area contributed by atoms with Crippen molar-refractivity contribution in [3.63, 3.8) is 0 Å². The Morgan fingerprint density at radius 2 is 1.74 bits per heavy atom. The zero-order valence-electron chi connectivity index (χ0n) is 25.4. The third kappa shape index (κ3) is 11.4. The summed E-state index contributed by atoms with van der Waals surface area (Å²) in [5, 5.41) is 25.4. The molecule has 4 rings (SSSR count). The van der Waals surface area contributed by atoms with Gasteiger partial charge >= 0.3 is 24.6 Å². The number of benzene rings is 1. The van der Waals surface area contributed by atoms with Gasteiger partial charge in [0, 0.05) is 38.3 Å². The molecule has 5 atom stereocenters. The second-order valence-corrected chi connectivity index (χ2v) is 12.3. The molecular weight excluding hydrogens is 619 g/mol. The Bertz CT molecular complexity index is 1000. The molecule has 2 saturated heterocycles. The third-order valence-corrected chi connectivity index (χ3v) is 9.10. The number of unbranched alkanes of at least 4 members (excludes halogenated alkanes) is 2. The maximum atomic E-state index is 13.5. The quantitative estimate of drug-likeness (QED) is 0.306. The normalized spacial score (nSPS) is 27.6. The number of aryl methyl sites for hydroxylation is 1. The van der Waals surface area contributed by atoms with Gasteiger partial charge in [0.25, 0.3) is 0 Å². The minimum atomic E-state index is -1.91. The molecule has 4 N–H and O–H groups in total. The van der Waals surface area contributed by atoms with Gasteiger partial charge in [-0.05, 0) is 95.4 Å². The summed E-state index contributed by atoms with van der Waals surface area (Å²) >= 11 is -1.91. The van der Waals surface area contributed by atoms with Crippen molar-refractivity contribution in [1.29, 1.82) is 0 Å². The third-order valence-electron chi connectivity index (χ3n) is 9.10. The summed E-state index contributed by atoms with van der Waals surface area (Å²) in [5.74, 6) is 1.15. The van der Waals surface area contributed by atoms with Gasteiger partial charge in [-0.2, -0.15) is 0 Å². The van der Waals surface area contributed by atoms with E-state index in [1.807, 2.05) is 0 Å². The van der Waals surface area contributed by atoms with Crippen LogP contribution < -0.4 is 26.4 Å². The molecule has 3 aliphatic heterocycles. The minimum absolute atomic E-state index is 0.00780. The molecule has 236 valence electrons. The molecule has 0 saturated carbocycles. The number of amides is 1. The van der Waals surface area contributed by atoms with E-state index in [1.165, 1.54) is 17.5 Å². The van der Waals surface area contributed by atoms with E-state index in [4.69, 9.17) is 7.01 Å². The van der Waals surface area contributed by atoms with Crippen molar-refractivity contribution in [1.82, 2.24) is 26.2 Å². The summed E-state index contributed by atoms with van der Waals surface area (Å²) in [6, 6.07) is 9.82. The average molecular weight is 671 g/mol. The van der Waals surface area contributed by atoms with E-state index in [1.54, 1.807) is 0 Å². The molecule has 1 aromatic rings. The van der Waals surface area contributed by atoms with Crippen molar-refractivity contribution in [2.24, 2.45) is 16.8 Å². The molecule has 0 aromatic heterocycles. The van der Waals surface area contributed by atoms with Crippen molar-refractivity contribution in [3.05, 3.63) is 35.4 Å². The van der Waals surface area contributed by atoms with E-state index in [9.17, 15) is 9.90 Å². The molecule has 0 spiro atoms. The number of hydrogen-bond donors (Lipinski definition) is 4. The average Bonchev–Trinajstić information content (AvgIpc) is 3.20. The Balaban J connectivity index is 0.00000155. The van der Waals surface area contributed by atoms with Gasteiger partial charge in [-0.3, -0.25) is 9.69 Å². The Labute approximate surface area is 259 Å². The standard InChI is InChI=1S/C31H52N6O2.2O.Tc/c1-23-7-9-25(10-8-23)27-20-26-11-12-28(37(26)2)30(27)31(39)36-14-5-3-4-6-24-21-33-17-16-32-15-13-29(38)35-19-18-34-22-24;;;/h7-10,24,26-28,30,32-34H,3-6,11-22H2,1-2H3,(H,35,38)(H,36,39);;;/q;;;+1/p-1/t24?,26-,27+,28+,30-;;;/m0.../s1/i;;;1+1. The van der Waals surface area contributed by atoms with Crippen LogP contribution in [0.1, 0.15) is 68.4 Å². The predicted molar refractivity (Wildman–Crippen MR) is 158 cm³/mol. The van der Waals surface area contributed by atoms with Crippen molar-refractivity contribution < 1.29 is 34.5 Å². The van der Waals surface area contributed by atoms with Gasteiger partial charge in [0.05, 0.1) is 12.5 Å². The molecule has 42 heavy (non-hydrogen) atoms. The second-order valence-electron chi connectivity index (χ2n) is 12.0. The number of nitrogens with one attached hydrogen (secondary N) is 4. The Morgan fingerprint density at radius 1 is 1.02 bits per heavy atom. The second kappa shape index (κ2) is 19.5. The zero-order chi connectivity index (χ0) is 30.2. The van der Waals surface area contributed by atoms with Crippen LogP contribution in [0.4, 0.5) is 0 Å². The summed E-state index contributed by atoms with van der Waals surface area (Å²) in [7, 11) is 2.22. The number of piperidine rings is 1. The van der Waals surface area contributed by atoms with E-state index >= 15 is 0 Å². The summed E-state index contributed by atoms with van der Waals surface area (Å²) in [4.78, 5) is 20.1. The van der Waals surface area contributed by atoms with Gasteiger partial charge in [0.1, 0.15) is 0 Å². The molecule has 0 radical (unpaired) electrons. The summed E-state index contributed by atoms with van der Waals surface area (Å²) in [5.41, 5.74) is 2.60. The van der Waals surface area contributed by atoms with Crippen molar-refractivity contribution in [3.8, 4) is 0 Å². The fraction of sp³-hybridized carbons (Fsp3) is 0.742. The SMILES string of the molecule is Cc1ccc([C@H]2C[C@@H]3CC[C@H]([C@H]2C(=O)NCCCCCC2CNCCN=C([O-])CCNCCNC2)N3C)cc1.[O]=[99Tc+]=[O]. The Hall–Kier alpha value is -1.75. The van der Waals surface area contributed by atoms with Crippen LogP contribution in [-0.4, -0.2) is 88.2 Å². The number of nitrogens with zero attached hydrogens (tertiary/aromatic N) is 2. The molecule has 1 amide bonds. The number of hydrogen-bond acceptors (Lipinski definition) is 9. The fourth-order valence-electron chi connectivity index (χ4n) is 6.77. The van der Waals surface area contributed by atoms with Gasteiger partial charge in [0.2, 0.25) is 5.91 Å². The monoisotopic (exact) mass is 670 g/mol. The number of carbonyl (C=O) groups is 1. The van der Waals surface area contributed by atoms with Crippen LogP contribution in [0.5, 0.6) is 0 Å². The summed E-state index contributed by atoms with van der Waals surface area (Å²) in [6.45, 7) is 8.62.